The average molecular weight is 423 g/mol. The Kier molecular flexibility index (Phi) is 5.64. The van der Waals surface area contributed by atoms with E-state index in [0.717, 1.165) is 21.9 Å². The number of halogens is 2. The Morgan fingerprint density at radius 2 is 2.04 bits per heavy atom. The molecule has 27 heavy (non-hydrogen) atoms. The quantitative estimate of drug-likeness (QED) is 0.355. The molecule has 11 heteroatoms. The monoisotopic (exact) mass is 422 g/mol. The molecule has 0 aliphatic heterocycles. The van der Waals surface area contributed by atoms with Gasteiger partial charge in [0, 0.05) is 6.07 Å². The summed E-state index contributed by atoms with van der Waals surface area (Å²) in [4.78, 5) is 36.2. The van der Waals surface area contributed by atoms with E-state index >= 15 is 0 Å². The zero-order chi connectivity index (χ0) is 19.6. The van der Waals surface area contributed by atoms with E-state index in [1.165, 1.54) is 12.3 Å². The van der Waals surface area contributed by atoms with E-state index in [1.807, 2.05) is 13.0 Å². The molecule has 0 radical (unpaired) electrons. The molecule has 0 fully saturated rings. The molecule has 0 spiro atoms. The predicted molar refractivity (Wildman–Crippen MR) is 106 cm³/mol. The number of amides is 1. The van der Waals surface area contributed by atoms with E-state index in [0.29, 0.717) is 16.5 Å². The van der Waals surface area contributed by atoms with Crippen LogP contribution in [-0.2, 0) is 0 Å². The van der Waals surface area contributed by atoms with Gasteiger partial charge in [0.05, 0.1) is 22.2 Å². The molecule has 138 valence electrons. The van der Waals surface area contributed by atoms with Crippen LogP contribution in [-0.4, -0.2) is 20.9 Å². The van der Waals surface area contributed by atoms with Crippen molar-refractivity contribution in [1.82, 2.24) is 15.0 Å². The number of aryl methyl sites for hydroxylation is 2. The summed E-state index contributed by atoms with van der Waals surface area (Å²) in [5.74, 6) is 0.123. The lowest BCUT2D eigenvalue weighted by Gasteiger charge is -2.11. The molecular weight excluding hydrogens is 411 g/mol. The maximum atomic E-state index is 12.5. The number of benzene rings is 1. The van der Waals surface area contributed by atoms with Crippen molar-refractivity contribution in [2.45, 2.75) is 13.8 Å². The molecule has 1 N–H and O–H groups in total. The van der Waals surface area contributed by atoms with Crippen LogP contribution in [0.4, 0.5) is 16.6 Å². The number of nitrogens with zero attached hydrogens (tertiary/aromatic N) is 5. The van der Waals surface area contributed by atoms with E-state index in [2.05, 4.69) is 25.6 Å². The summed E-state index contributed by atoms with van der Waals surface area (Å²) < 4.78 is 0. The maximum Gasteiger partial charge on any atom is 0.267 e. The lowest BCUT2D eigenvalue weighted by atomic mass is 10.2. The molecule has 1 aromatic carbocycles. The molecule has 0 bridgehead atoms. The van der Waals surface area contributed by atoms with Gasteiger partial charge >= 0.3 is 0 Å². The first-order valence-corrected chi connectivity index (χ1v) is 9.13. The van der Waals surface area contributed by atoms with E-state index in [-0.39, 0.29) is 21.0 Å². The fourth-order valence-electron chi connectivity index (χ4n) is 2.23. The van der Waals surface area contributed by atoms with E-state index < -0.39 is 5.91 Å². The number of nitroso groups, excluding NO2 is 1. The zero-order valence-electron chi connectivity index (χ0n) is 14.1. The molecule has 0 unspecified atom stereocenters. The number of thiazole rings is 1. The van der Waals surface area contributed by atoms with Gasteiger partial charge in [-0.15, -0.1) is 4.91 Å². The Morgan fingerprint density at radius 3 is 2.70 bits per heavy atom. The highest BCUT2D eigenvalue weighted by molar-refractivity contribution is 7.17. The number of carbonyl (C=O) groups excluding carboxylic acids is 1. The molecular formula is C16H12Cl2N6O2S. The largest absolute Gasteiger partial charge is 0.320 e. The van der Waals surface area contributed by atoms with E-state index in [1.54, 1.807) is 19.1 Å². The summed E-state index contributed by atoms with van der Waals surface area (Å²) in [6.07, 6.45) is 1.34. The number of hydrogen-bond acceptors (Lipinski definition) is 7. The van der Waals surface area contributed by atoms with Crippen molar-refractivity contribution in [3.63, 3.8) is 0 Å². The second-order valence-corrected chi connectivity index (χ2v) is 7.19. The maximum absolute atomic E-state index is 12.5. The van der Waals surface area contributed by atoms with E-state index in [9.17, 15) is 9.70 Å². The number of carbonyl (C=O) groups is 1. The number of rotatable bonds is 5. The van der Waals surface area contributed by atoms with Crippen molar-refractivity contribution < 1.29 is 4.79 Å². The van der Waals surface area contributed by atoms with Gasteiger partial charge in [-0.1, -0.05) is 46.7 Å². The zero-order valence-corrected chi connectivity index (χ0v) is 16.4. The van der Waals surface area contributed by atoms with Gasteiger partial charge in [-0.25, -0.2) is 15.0 Å². The van der Waals surface area contributed by atoms with Gasteiger partial charge in [-0.05, 0) is 25.5 Å². The molecule has 3 rings (SSSR count). The topological polar surface area (TPSA) is 100 Å². The Bertz CT molecular complexity index is 985. The fourth-order valence-corrected chi connectivity index (χ4v) is 3.49. The first kappa shape index (κ1) is 19.2. The molecule has 0 aliphatic rings. The van der Waals surface area contributed by atoms with Crippen LogP contribution in [0.2, 0.25) is 10.2 Å². The molecule has 2 aromatic heterocycles. The van der Waals surface area contributed by atoms with Crippen molar-refractivity contribution >= 4 is 57.1 Å². The molecule has 0 saturated heterocycles. The van der Waals surface area contributed by atoms with Crippen LogP contribution >= 0.6 is 34.5 Å². The summed E-state index contributed by atoms with van der Waals surface area (Å²) in [5.41, 5.74) is 1.34. The van der Waals surface area contributed by atoms with Crippen LogP contribution in [0.5, 0.6) is 0 Å². The highest BCUT2D eigenvalue weighted by Crippen LogP contribution is 2.31. The highest BCUT2D eigenvalue weighted by atomic mass is 35.5. The Morgan fingerprint density at radius 1 is 1.26 bits per heavy atom. The summed E-state index contributed by atoms with van der Waals surface area (Å²) >= 11 is 13.0. The number of anilines is 3. The second kappa shape index (κ2) is 7.95. The average Bonchev–Trinajstić information content (AvgIpc) is 3.08. The standard InChI is InChI=1S/C16H12Cl2N6O2S/c1-8-4-3-5-10(17)14(8)22-15(25)11-7-19-16(27-11)24(23-26)13-6-12(18)20-9(2)21-13/h3-7H,1-2H3,(H,22,25). The molecule has 8 nitrogen and oxygen atoms in total. The highest BCUT2D eigenvalue weighted by Gasteiger charge is 2.20. The number of aromatic nitrogens is 3. The number of nitrogens with one attached hydrogen (secondary N) is 1. The van der Waals surface area contributed by atoms with Gasteiger partial charge < -0.3 is 5.32 Å². The number of hydrogen-bond donors (Lipinski definition) is 1. The van der Waals surface area contributed by atoms with Crippen molar-refractivity contribution in [1.29, 1.82) is 0 Å². The lowest BCUT2D eigenvalue weighted by Crippen LogP contribution is -2.12. The second-order valence-electron chi connectivity index (χ2n) is 5.38. The first-order valence-electron chi connectivity index (χ1n) is 7.56. The molecule has 0 aliphatic carbocycles. The van der Waals surface area contributed by atoms with E-state index in [4.69, 9.17) is 23.2 Å². The summed E-state index contributed by atoms with van der Waals surface area (Å²) in [6.45, 7) is 3.46. The Balaban J connectivity index is 1.86. The first-order chi connectivity index (χ1) is 12.9. The third kappa shape index (κ3) is 4.21. The predicted octanol–water partition coefficient (Wildman–Crippen LogP) is 4.93. The van der Waals surface area contributed by atoms with Gasteiger partial charge in [0.1, 0.15) is 15.9 Å². The smallest absolute Gasteiger partial charge is 0.267 e. The Labute approximate surface area is 168 Å². The van der Waals surface area contributed by atoms with Crippen LogP contribution in [0.3, 0.4) is 0 Å². The van der Waals surface area contributed by atoms with Crippen molar-refractivity contribution in [2.24, 2.45) is 5.29 Å². The van der Waals surface area contributed by atoms with Gasteiger partial charge in [0.2, 0.25) is 5.13 Å². The summed E-state index contributed by atoms with van der Waals surface area (Å²) in [7, 11) is 0. The molecule has 0 saturated carbocycles. The van der Waals surface area contributed by atoms with Crippen LogP contribution < -0.4 is 10.3 Å². The molecule has 3 aromatic rings. The van der Waals surface area contributed by atoms with Crippen LogP contribution in [0, 0.1) is 18.8 Å². The van der Waals surface area contributed by atoms with Crippen molar-refractivity contribution in [3.05, 3.63) is 61.8 Å². The van der Waals surface area contributed by atoms with Gasteiger partial charge in [-0.3, -0.25) is 4.79 Å². The third-order valence-electron chi connectivity index (χ3n) is 3.45. The van der Waals surface area contributed by atoms with Gasteiger partial charge in [0.25, 0.3) is 5.91 Å². The van der Waals surface area contributed by atoms with Crippen molar-refractivity contribution in [3.8, 4) is 0 Å². The minimum Gasteiger partial charge on any atom is -0.320 e. The normalized spacial score (nSPS) is 10.5. The van der Waals surface area contributed by atoms with Crippen molar-refractivity contribution in [2.75, 3.05) is 10.3 Å². The van der Waals surface area contributed by atoms with Gasteiger partial charge in [0.15, 0.2) is 5.82 Å². The SMILES string of the molecule is Cc1nc(Cl)cc(N(N=O)c2ncc(C(=O)Nc3c(C)cccc3Cl)s2)n1. The molecule has 1 amide bonds. The molecule has 0 atom stereocenters. The minimum atomic E-state index is -0.405. The minimum absolute atomic E-state index is 0.158. The summed E-state index contributed by atoms with van der Waals surface area (Å²) in [5, 5.41) is 7.38. The summed E-state index contributed by atoms with van der Waals surface area (Å²) in [6, 6.07) is 6.69. The Hall–Kier alpha value is -2.62. The third-order valence-corrected chi connectivity index (χ3v) is 4.93. The fraction of sp³-hybridized carbons (Fsp3) is 0.125. The molecule has 2 heterocycles. The van der Waals surface area contributed by atoms with Crippen LogP contribution in [0.1, 0.15) is 21.1 Å². The van der Waals surface area contributed by atoms with Crippen LogP contribution in [0.15, 0.2) is 35.7 Å². The van der Waals surface area contributed by atoms with Crippen LogP contribution in [0.25, 0.3) is 0 Å². The lowest BCUT2D eigenvalue weighted by molar-refractivity contribution is 0.103. The van der Waals surface area contributed by atoms with Gasteiger partial charge in [-0.2, -0.15) is 5.01 Å². The number of para-hydroxylation sites is 1.